The first-order valence-electron chi connectivity index (χ1n) is 6.70. The first-order chi connectivity index (χ1) is 7.98. The van der Waals surface area contributed by atoms with Gasteiger partial charge < -0.3 is 9.47 Å². The van der Waals surface area contributed by atoms with Crippen molar-refractivity contribution in [2.45, 2.75) is 51.7 Å². The Balaban J connectivity index is 2.18. The van der Waals surface area contributed by atoms with Crippen LogP contribution in [0.3, 0.4) is 0 Å². The van der Waals surface area contributed by atoms with Crippen LogP contribution in [-0.4, -0.2) is 29.8 Å². The van der Waals surface area contributed by atoms with Gasteiger partial charge in [-0.25, -0.2) is 0 Å². The number of rotatable bonds is 5. The molecule has 2 rings (SSSR count). The summed E-state index contributed by atoms with van der Waals surface area (Å²) in [5, 5.41) is 0. The quantitative estimate of drug-likeness (QED) is 0.555. The first-order valence-corrected chi connectivity index (χ1v) is 8.23. The summed E-state index contributed by atoms with van der Waals surface area (Å²) in [7, 11) is 1.75. The van der Waals surface area contributed by atoms with Crippen molar-refractivity contribution < 1.29 is 9.47 Å². The molecule has 4 unspecified atom stereocenters. The molecule has 0 radical (unpaired) electrons. The molecule has 0 aliphatic heterocycles. The van der Waals surface area contributed by atoms with E-state index in [2.05, 4.69) is 43.4 Å². The molecule has 0 heterocycles. The van der Waals surface area contributed by atoms with Crippen LogP contribution in [-0.2, 0) is 9.47 Å². The number of hydrogen-bond donors (Lipinski definition) is 0. The van der Waals surface area contributed by atoms with E-state index in [1.807, 2.05) is 0 Å². The SMILES string of the molecule is COCC(C)OC1(CI)C2CCC(C2)C1(C)C. The van der Waals surface area contributed by atoms with E-state index in [-0.39, 0.29) is 11.7 Å². The second kappa shape index (κ2) is 4.97. The Morgan fingerprint density at radius 3 is 2.41 bits per heavy atom. The van der Waals surface area contributed by atoms with E-state index in [1.54, 1.807) is 7.11 Å². The molecule has 0 N–H and O–H groups in total. The average Bonchev–Trinajstić information content (AvgIpc) is 2.81. The second-order valence-electron chi connectivity index (χ2n) is 6.34. The van der Waals surface area contributed by atoms with Crippen molar-refractivity contribution in [2.24, 2.45) is 17.3 Å². The maximum absolute atomic E-state index is 6.51. The molecule has 2 fully saturated rings. The van der Waals surface area contributed by atoms with E-state index in [0.717, 1.165) is 16.3 Å². The summed E-state index contributed by atoms with van der Waals surface area (Å²) in [6.45, 7) is 7.66. The van der Waals surface area contributed by atoms with Gasteiger partial charge in [0.05, 0.1) is 18.3 Å². The third-order valence-corrected chi connectivity index (χ3v) is 6.35. The zero-order valence-electron chi connectivity index (χ0n) is 11.5. The minimum Gasteiger partial charge on any atom is -0.382 e. The van der Waals surface area contributed by atoms with E-state index in [9.17, 15) is 0 Å². The van der Waals surface area contributed by atoms with Crippen LogP contribution in [0.4, 0.5) is 0 Å². The van der Waals surface area contributed by atoms with Gasteiger partial charge in [-0.05, 0) is 43.4 Å². The minimum absolute atomic E-state index is 0.0778. The van der Waals surface area contributed by atoms with E-state index in [1.165, 1.54) is 19.3 Å². The highest BCUT2D eigenvalue weighted by molar-refractivity contribution is 14.1. The molecule has 2 bridgehead atoms. The third-order valence-electron chi connectivity index (χ3n) is 5.21. The Hall–Kier alpha value is 0.650. The third kappa shape index (κ3) is 2.06. The number of fused-ring (bicyclic) bond motifs is 2. The molecule has 2 saturated carbocycles. The molecule has 0 aromatic carbocycles. The van der Waals surface area contributed by atoms with Crippen molar-refractivity contribution >= 4 is 22.6 Å². The first kappa shape index (κ1) is 14.1. The van der Waals surface area contributed by atoms with Gasteiger partial charge in [0.15, 0.2) is 0 Å². The molecule has 4 atom stereocenters. The Morgan fingerprint density at radius 1 is 1.29 bits per heavy atom. The van der Waals surface area contributed by atoms with E-state index in [4.69, 9.17) is 9.47 Å². The highest BCUT2D eigenvalue weighted by Gasteiger charge is 2.63. The van der Waals surface area contributed by atoms with Crippen LogP contribution in [0.25, 0.3) is 0 Å². The summed E-state index contributed by atoms with van der Waals surface area (Å²) in [5.74, 6) is 1.62. The van der Waals surface area contributed by atoms with Crippen molar-refractivity contribution in [1.29, 1.82) is 0 Å². The molecule has 0 aromatic rings. The second-order valence-corrected chi connectivity index (χ2v) is 7.10. The Morgan fingerprint density at radius 2 is 1.94 bits per heavy atom. The summed E-state index contributed by atoms with van der Waals surface area (Å²) in [6, 6.07) is 0. The Bertz CT molecular complexity index is 279. The zero-order chi connectivity index (χ0) is 12.7. The van der Waals surface area contributed by atoms with E-state index in [0.29, 0.717) is 12.0 Å². The van der Waals surface area contributed by atoms with Crippen molar-refractivity contribution in [1.82, 2.24) is 0 Å². The molecular weight excluding hydrogens is 327 g/mol. The maximum Gasteiger partial charge on any atom is 0.0857 e. The van der Waals surface area contributed by atoms with Crippen LogP contribution < -0.4 is 0 Å². The molecule has 0 aromatic heterocycles. The molecule has 2 nitrogen and oxygen atoms in total. The van der Waals surface area contributed by atoms with Gasteiger partial charge in [-0.15, -0.1) is 0 Å². The number of alkyl halides is 1. The Labute approximate surface area is 119 Å². The molecule has 0 spiro atoms. The van der Waals surface area contributed by atoms with Crippen LogP contribution in [0.2, 0.25) is 0 Å². The number of methoxy groups -OCH3 is 1. The predicted molar refractivity (Wildman–Crippen MR) is 78.7 cm³/mol. The van der Waals surface area contributed by atoms with Crippen molar-refractivity contribution in [3.05, 3.63) is 0 Å². The van der Waals surface area contributed by atoms with Crippen molar-refractivity contribution in [2.75, 3.05) is 18.1 Å². The normalized spacial score (nSPS) is 40.8. The maximum atomic E-state index is 6.51. The highest BCUT2D eigenvalue weighted by Crippen LogP contribution is 2.63. The van der Waals surface area contributed by atoms with Gasteiger partial charge in [-0.3, -0.25) is 0 Å². The van der Waals surface area contributed by atoms with E-state index < -0.39 is 0 Å². The van der Waals surface area contributed by atoms with Crippen LogP contribution >= 0.6 is 22.6 Å². The molecule has 3 heteroatoms. The van der Waals surface area contributed by atoms with Crippen molar-refractivity contribution in [3.8, 4) is 0 Å². The van der Waals surface area contributed by atoms with Gasteiger partial charge in [-0.2, -0.15) is 0 Å². The zero-order valence-corrected chi connectivity index (χ0v) is 13.6. The molecule has 100 valence electrons. The van der Waals surface area contributed by atoms with Crippen molar-refractivity contribution in [3.63, 3.8) is 0 Å². The fourth-order valence-electron chi connectivity index (χ4n) is 4.12. The van der Waals surface area contributed by atoms with Crippen LogP contribution in [0.5, 0.6) is 0 Å². The van der Waals surface area contributed by atoms with Gasteiger partial charge >= 0.3 is 0 Å². The molecule has 2 aliphatic carbocycles. The summed E-state index contributed by atoms with van der Waals surface area (Å²) in [5.41, 5.74) is 0.396. The number of halogens is 1. The largest absolute Gasteiger partial charge is 0.382 e. The summed E-state index contributed by atoms with van der Waals surface area (Å²) < 4.78 is 12.8. The topological polar surface area (TPSA) is 18.5 Å². The van der Waals surface area contributed by atoms with Gasteiger partial charge in [0.2, 0.25) is 0 Å². The standard InChI is InChI=1S/C14H25IO2/c1-10(8-16-4)17-14(9-15)12-6-5-11(7-12)13(14,2)3/h10-12H,5-9H2,1-4H3. The lowest BCUT2D eigenvalue weighted by molar-refractivity contribution is -0.174. The molecule has 2 aliphatic rings. The predicted octanol–water partition coefficient (Wildman–Crippen LogP) is 3.67. The van der Waals surface area contributed by atoms with Gasteiger partial charge in [0, 0.05) is 11.5 Å². The molecule has 0 saturated heterocycles. The van der Waals surface area contributed by atoms with Gasteiger partial charge in [0.25, 0.3) is 0 Å². The van der Waals surface area contributed by atoms with Crippen LogP contribution in [0.1, 0.15) is 40.0 Å². The fourth-order valence-corrected chi connectivity index (χ4v) is 5.91. The number of hydrogen-bond acceptors (Lipinski definition) is 2. The van der Waals surface area contributed by atoms with Crippen LogP contribution in [0.15, 0.2) is 0 Å². The molecule has 0 amide bonds. The lowest BCUT2D eigenvalue weighted by Gasteiger charge is -2.50. The van der Waals surface area contributed by atoms with Gasteiger partial charge in [0.1, 0.15) is 0 Å². The number of ether oxygens (including phenoxy) is 2. The molecule has 17 heavy (non-hydrogen) atoms. The summed E-state index contributed by atoms with van der Waals surface area (Å²) >= 11 is 2.52. The minimum atomic E-state index is 0.0778. The monoisotopic (exact) mass is 352 g/mol. The lowest BCUT2D eigenvalue weighted by atomic mass is 9.66. The lowest BCUT2D eigenvalue weighted by Crippen LogP contribution is -2.54. The Kier molecular flexibility index (Phi) is 4.11. The smallest absolute Gasteiger partial charge is 0.0857 e. The van der Waals surface area contributed by atoms with Crippen LogP contribution in [0, 0.1) is 17.3 Å². The summed E-state index contributed by atoms with van der Waals surface area (Å²) in [6.07, 6.45) is 4.33. The average molecular weight is 352 g/mol. The highest BCUT2D eigenvalue weighted by atomic mass is 127. The van der Waals surface area contributed by atoms with E-state index >= 15 is 0 Å². The molecular formula is C14H25IO2. The van der Waals surface area contributed by atoms with Gasteiger partial charge in [-0.1, -0.05) is 36.4 Å². The fraction of sp³-hybridized carbons (Fsp3) is 1.00. The summed E-state index contributed by atoms with van der Waals surface area (Å²) in [4.78, 5) is 0.